The summed E-state index contributed by atoms with van der Waals surface area (Å²) in [6.07, 6.45) is 74.3. The molecule has 0 saturated heterocycles. The van der Waals surface area contributed by atoms with Crippen molar-refractivity contribution in [2.45, 2.75) is 213 Å². The fraction of sp³-hybridized carbons (Fsp3) is 0.583. The van der Waals surface area contributed by atoms with Crippen molar-refractivity contribution in [3.05, 3.63) is 134 Å². The second kappa shape index (κ2) is 53.2. The molecule has 6 nitrogen and oxygen atoms in total. The van der Waals surface area contributed by atoms with Gasteiger partial charge in [-0.05, 0) is 89.9 Å². The van der Waals surface area contributed by atoms with Crippen LogP contribution in [-0.4, -0.2) is 37.2 Å². The zero-order chi connectivity index (χ0) is 47.9. The Morgan fingerprint density at radius 1 is 0.333 bits per heavy atom. The molecule has 0 spiro atoms. The van der Waals surface area contributed by atoms with Crippen LogP contribution in [0.1, 0.15) is 207 Å². The Hall–Kier alpha value is -4.45. The molecule has 0 heterocycles. The van der Waals surface area contributed by atoms with Crippen LogP contribution in [0.4, 0.5) is 0 Å². The van der Waals surface area contributed by atoms with Gasteiger partial charge in [-0.3, -0.25) is 14.4 Å². The van der Waals surface area contributed by atoms with Gasteiger partial charge in [-0.15, -0.1) is 0 Å². The molecule has 0 aromatic carbocycles. The minimum absolute atomic E-state index is 0.122. The van der Waals surface area contributed by atoms with E-state index in [1.165, 1.54) is 51.4 Å². The molecule has 0 fully saturated rings. The lowest BCUT2D eigenvalue weighted by molar-refractivity contribution is -0.167. The van der Waals surface area contributed by atoms with Crippen LogP contribution in [-0.2, 0) is 28.6 Å². The predicted octanol–water partition coefficient (Wildman–Crippen LogP) is 17.5. The Morgan fingerprint density at radius 2 is 0.697 bits per heavy atom. The quantitative estimate of drug-likeness (QED) is 0.0199. The van der Waals surface area contributed by atoms with E-state index in [1.54, 1.807) is 0 Å². The normalized spacial score (nSPS) is 13.2. The summed E-state index contributed by atoms with van der Waals surface area (Å²) in [7, 11) is 0. The molecule has 0 rings (SSSR count). The third-order valence-electron chi connectivity index (χ3n) is 10.5. The van der Waals surface area contributed by atoms with Gasteiger partial charge in [0.25, 0.3) is 0 Å². The van der Waals surface area contributed by atoms with E-state index in [0.717, 1.165) is 109 Å². The van der Waals surface area contributed by atoms with Crippen molar-refractivity contribution in [3.63, 3.8) is 0 Å². The Kier molecular flexibility index (Phi) is 49.6. The number of ether oxygens (including phenoxy) is 3. The van der Waals surface area contributed by atoms with Crippen molar-refractivity contribution >= 4 is 17.9 Å². The van der Waals surface area contributed by atoms with Crippen LogP contribution < -0.4 is 0 Å². The average molecular weight is 911 g/mol. The number of esters is 3. The molecule has 370 valence electrons. The second-order valence-corrected chi connectivity index (χ2v) is 16.9. The highest BCUT2D eigenvalue weighted by Crippen LogP contribution is 2.12. The molecule has 0 amide bonds. The number of rotatable bonds is 45. The minimum Gasteiger partial charge on any atom is -0.462 e. The van der Waals surface area contributed by atoms with E-state index in [4.69, 9.17) is 14.2 Å². The summed E-state index contributed by atoms with van der Waals surface area (Å²) in [5.74, 6) is -1.03. The molecule has 0 N–H and O–H groups in total. The third-order valence-corrected chi connectivity index (χ3v) is 10.5. The van der Waals surface area contributed by atoms with Gasteiger partial charge >= 0.3 is 17.9 Å². The fourth-order valence-corrected chi connectivity index (χ4v) is 6.60. The number of unbranched alkanes of at least 4 members (excludes halogenated alkanes) is 18. The standard InChI is InChI=1S/C60H94O6/c1-4-7-10-13-16-19-22-25-27-29-31-32-35-38-41-44-47-50-53-59(62)65-56-57(55-64-58(61)52-49-46-43-40-37-34-24-21-18-15-12-9-6-3)66-60(63)54-51-48-45-42-39-36-33-30-28-26-23-20-17-14-11-8-5-2/h9-10,12-13,15-16,18-19,21-22,24-29,31-33,36,42,45,57H,4-8,11,14,17,20,23,30,34-35,37-41,43-44,46-56H2,1-3H3/b12-9-,13-10-,18-15-,19-16-,24-21-,25-22-,28-26-,29-27-,32-31-,36-33-,45-42-. The first-order valence-electron chi connectivity index (χ1n) is 26.3. The summed E-state index contributed by atoms with van der Waals surface area (Å²) >= 11 is 0. The summed E-state index contributed by atoms with van der Waals surface area (Å²) in [5.41, 5.74) is 0. The molecule has 6 heteroatoms. The van der Waals surface area contributed by atoms with E-state index in [1.807, 2.05) is 42.5 Å². The van der Waals surface area contributed by atoms with Gasteiger partial charge in [-0.2, -0.15) is 0 Å². The number of hydrogen-bond acceptors (Lipinski definition) is 6. The SMILES string of the molecule is CC\C=C/C=C\C=C/CCCCCCCC(=O)OCC(COC(=O)CCCCCCC\C=C/C=C\C=C/C=C\C=C/CCC)OC(=O)CCC/C=C\C/C=C\C/C=C\CCCCCCCC. The molecule has 0 bridgehead atoms. The van der Waals surface area contributed by atoms with E-state index in [9.17, 15) is 14.4 Å². The maximum Gasteiger partial charge on any atom is 0.306 e. The molecule has 66 heavy (non-hydrogen) atoms. The molecule has 0 aromatic heterocycles. The highest BCUT2D eigenvalue weighted by Gasteiger charge is 2.19. The predicted molar refractivity (Wildman–Crippen MR) is 283 cm³/mol. The third kappa shape index (κ3) is 50.5. The van der Waals surface area contributed by atoms with E-state index in [0.29, 0.717) is 19.3 Å². The number of allylic oxidation sites excluding steroid dienone is 22. The van der Waals surface area contributed by atoms with Crippen LogP contribution in [0.25, 0.3) is 0 Å². The lowest BCUT2D eigenvalue weighted by atomic mass is 10.1. The molecule has 1 atom stereocenters. The summed E-state index contributed by atoms with van der Waals surface area (Å²) in [5, 5.41) is 0. The van der Waals surface area contributed by atoms with Crippen molar-refractivity contribution in [2.75, 3.05) is 13.2 Å². The van der Waals surface area contributed by atoms with Crippen LogP contribution in [0.3, 0.4) is 0 Å². The maximum absolute atomic E-state index is 12.8. The van der Waals surface area contributed by atoms with Crippen molar-refractivity contribution < 1.29 is 28.6 Å². The maximum atomic E-state index is 12.8. The van der Waals surface area contributed by atoms with Crippen LogP contribution in [0, 0.1) is 0 Å². The van der Waals surface area contributed by atoms with Crippen LogP contribution in [0.5, 0.6) is 0 Å². The lowest BCUT2D eigenvalue weighted by Gasteiger charge is -2.18. The van der Waals surface area contributed by atoms with Crippen LogP contribution >= 0.6 is 0 Å². The number of hydrogen-bond donors (Lipinski definition) is 0. The zero-order valence-corrected chi connectivity index (χ0v) is 42.1. The summed E-state index contributed by atoms with van der Waals surface area (Å²) in [6.45, 7) is 6.31. The van der Waals surface area contributed by atoms with Gasteiger partial charge in [-0.25, -0.2) is 0 Å². The molecule has 1 unspecified atom stereocenters. The molecule has 0 radical (unpaired) electrons. The summed E-state index contributed by atoms with van der Waals surface area (Å²) in [6, 6.07) is 0. The van der Waals surface area contributed by atoms with Gasteiger partial charge in [0, 0.05) is 19.3 Å². The highest BCUT2D eigenvalue weighted by atomic mass is 16.6. The first-order valence-corrected chi connectivity index (χ1v) is 26.3. The molecule has 0 aliphatic heterocycles. The van der Waals surface area contributed by atoms with Gasteiger partial charge in [-0.1, -0.05) is 231 Å². The molecule has 0 aliphatic rings. The first kappa shape index (κ1) is 61.5. The minimum atomic E-state index is -0.829. The smallest absolute Gasteiger partial charge is 0.306 e. The van der Waals surface area contributed by atoms with Gasteiger partial charge in [0.2, 0.25) is 0 Å². The molecular formula is C60H94O6. The average Bonchev–Trinajstić information content (AvgIpc) is 3.31. The van der Waals surface area contributed by atoms with Crippen LogP contribution in [0.15, 0.2) is 134 Å². The van der Waals surface area contributed by atoms with Crippen molar-refractivity contribution in [3.8, 4) is 0 Å². The van der Waals surface area contributed by atoms with E-state index in [-0.39, 0.29) is 37.5 Å². The highest BCUT2D eigenvalue weighted by molar-refractivity contribution is 5.71. The molecule has 0 saturated carbocycles. The van der Waals surface area contributed by atoms with Gasteiger partial charge < -0.3 is 14.2 Å². The number of carbonyl (C=O) groups excluding carboxylic acids is 3. The molecule has 0 aromatic rings. The van der Waals surface area contributed by atoms with E-state index >= 15 is 0 Å². The Balaban J connectivity index is 4.57. The first-order chi connectivity index (χ1) is 32.5. The molecular weight excluding hydrogens is 817 g/mol. The van der Waals surface area contributed by atoms with Gasteiger partial charge in [0.05, 0.1) is 0 Å². The van der Waals surface area contributed by atoms with E-state index < -0.39 is 6.10 Å². The van der Waals surface area contributed by atoms with Crippen molar-refractivity contribution in [2.24, 2.45) is 0 Å². The largest absolute Gasteiger partial charge is 0.462 e. The van der Waals surface area contributed by atoms with Crippen LogP contribution in [0.2, 0.25) is 0 Å². The lowest BCUT2D eigenvalue weighted by Crippen LogP contribution is -2.30. The Labute approximate surface area is 405 Å². The zero-order valence-electron chi connectivity index (χ0n) is 42.1. The van der Waals surface area contributed by atoms with E-state index in [2.05, 4.69) is 112 Å². The Bertz CT molecular complexity index is 1460. The van der Waals surface area contributed by atoms with Gasteiger partial charge in [0.15, 0.2) is 6.10 Å². The topological polar surface area (TPSA) is 78.9 Å². The second-order valence-electron chi connectivity index (χ2n) is 16.9. The van der Waals surface area contributed by atoms with Crippen molar-refractivity contribution in [1.82, 2.24) is 0 Å². The monoisotopic (exact) mass is 911 g/mol. The number of carbonyl (C=O) groups is 3. The van der Waals surface area contributed by atoms with Gasteiger partial charge in [0.1, 0.15) is 13.2 Å². The summed E-state index contributed by atoms with van der Waals surface area (Å²) in [4.78, 5) is 38.0. The Morgan fingerprint density at radius 3 is 1.17 bits per heavy atom. The molecule has 0 aliphatic carbocycles. The van der Waals surface area contributed by atoms with Crippen molar-refractivity contribution in [1.29, 1.82) is 0 Å². The fourth-order valence-electron chi connectivity index (χ4n) is 6.60. The summed E-state index contributed by atoms with van der Waals surface area (Å²) < 4.78 is 16.7.